The Kier molecular flexibility index (Phi) is 4.29. The minimum atomic E-state index is -0.430. The molecule has 0 aromatic carbocycles. The van der Waals surface area contributed by atoms with E-state index in [0.717, 1.165) is 0 Å². The van der Waals surface area contributed by atoms with Crippen molar-refractivity contribution in [3.8, 4) is 0 Å². The van der Waals surface area contributed by atoms with Gasteiger partial charge in [0.05, 0.1) is 5.71 Å². The van der Waals surface area contributed by atoms with Crippen molar-refractivity contribution in [1.29, 1.82) is 5.41 Å². The predicted octanol–water partition coefficient (Wildman–Crippen LogP) is -0.0984. The Bertz CT molecular complexity index is 177. The van der Waals surface area contributed by atoms with Gasteiger partial charge in [0.1, 0.15) is 6.29 Å². The fraction of sp³-hybridized carbons (Fsp3) is 0.571. The lowest BCUT2D eigenvalue weighted by molar-refractivity contribution is -0.113. The molecule has 0 amide bonds. The first-order chi connectivity index (χ1) is 5.07. The van der Waals surface area contributed by atoms with Gasteiger partial charge in [-0.05, 0) is 6.92 Å². The second-order valence-corrected chi connectivity index (χ2v) is 2.41. The molecule has 0 aliphatic rings. The minimum Gasteiger partial charge on any atom is -0.327 e. The average molecular weight is 156 g/mol. The average Bonchev–Trinajstić information content (AvgIpc) is 1.87. The zero-order valence-corrected chi connectivity index (χ0v) is 6.46. The topological polar surface area (TPSA) is 84.0 Å². The fourth-order valence-electron chi connectivity index (χ4n) is 0.598. The maximum absolute atomic E-state index is 10.8. The summed E-state index contributed by atoms with van der Waals surface area (Å²) in [5.74, 6) is -0.292. The van der Waals surface area contributed by atoms with Crippen molar-refractivity contribution >= 4 is 17.8 Å². The summed E-state index contributed by atoms with van der Waals surface area (Å²) in [6.45, 7) is 1.41. The van der Waals surface area contributed by atoms with Gasteiger partial charge in [0.25, 0.3) is 0 Å². The SMILES string of the molecule is CC(=N)C(=O)CC(N)CC=O. The molecule has 1 unspecified atom stereocenters. The number of hydrogen-bond donors (Lipinski definition) is 2. The van der Waals surface area contributed by atoms with Crippen LogP contribution < -0.4 is 5.73 Å². The third-order valence-electron chi connectivity index (χ3n) is 1.26. The third-order valence-corrected chi connectivity index (χ3v) is 1.26. The van der Waals surface area contributed by atoms with Crippen LogP contribution in [-0.2, 0) is 9.59 Å². The van der Waals surface area contributed by atoms with Crippen LogP contribution in [0.25, 0.3) is 0 Å². The van der Waals surface area contributed by atoms with E-state index in [1.54, 1.807) is 0 Å². The predicted molar refractivity (Wildman–Crippen MR) is 41.7 cm³/mol. The van der Waals surface area contributed by atoms with Crippen LogP contribution >= 0.6 is 0 Å². The number of carbonyl (C=O) groups excluding carboxylic acids is 2. The highest BCUT2D eigenvalue weighted by Gasteiger charge is 2.09. The molecule has 0 saturated heterocycles. The van der Waals surface area contributed by atoms with Gasteiger partial charge >= 0.3 is 0 Å². The normalized spacial score (nSPS) is 12.2. The maximum atomic E-state index is 10.8. The number of hydrogen-bond acceptors (Lipinski definition) is 4. The van der Waals surface area contributed by atoms with E-state index in [9.17, 15) is 9.59 Å². The summed E-state index contributed by atoms with van der Waals surface area (Å²) in [5, 5.41) is 6.93. The van der Waals surface area contributed by atoms with Crippen LogP contribution in [0.1, 0.15) is 19.8 Å². The molecule has 11 heavy (non-hydrogen) atoms. The number of nitrogens with two attached hydrogens (primary N) is 1. The molecule has 0 bridgehead atoms. The number of aldehydes is 1. The second kappa shape index (κ2) is 4.73. The number of nitrogens with one attached hydrogen (secondary N) is 1. The van der Waals surface area contributed by atoms with E-state index < -0.39 is 6.04 Å². The first-order valence-corrected chi connectivity index (χ1v) is 3.35. The first-order valence-electron chi connectivity index (χ1n) is 3.35. The number of carbonyl (C=O) groups is 2. The second-order valence-electron chi connectivity index (χ2n) is 2.41. The number of rotatable bonds is 5. The standard InChI is InChI=1S/C7H12N2O2/c1-5(8)7(11)4-6(9)2-3-10/h3,6,8H,2,4,9H2,1H3. The van der Waals surface area contributed by atoms with Gasteiger partial charge in [0.15, 0.2) is 5.78 Å². The summed E-state index contributed by atoms with van der Waals surface area (Å²) < 4.78 is 0. The van der Waals surface area contributed by atoms with Crippen LogP contribution in [0.3, 0.4) is 0 Å². The van der Waals surface area contributed by atoms with Crippen molar-refractivity contribution in [2.24, 2.45) is 5.73 Å². The summed E-state index contributed by atoms with van der Waals surface area (Å²) in [5.41, 5.74) is 5.37. The van der Waals surface area contributed by atoms with Gasteiger partial charge in [0, 0.05) is 18.9 Å². The van der Waals surface area contributed by atoms with E-state index in [1.165, 1.54) is 6.92 Å². The molecule has 1 atom stereocenters. The molecule has 0 spiro atoms. The maximum Gasteiger partial charge on any atom is 0.177 e. The summed E-state index contributed by atoms with van der Waals surface area (Å²) in [4.78, 5) is 20.7. The van der Waals surface area contributed by atoms with Gasteiger partial charge in [-0.1, -0.05) is 0 Å². The highest BCUT2D eigenvalue weighted by Crippen LogP contribution is 1.94. The van der Waals surface area contributed by atoms with Crippen molar-refractivity contribution in [3.05, 3.63) is 0 Å². The molecule has 0 fully saturated rings. The minimum absolute atomic E-state index is 0.00801. The highest BCUT2D eigenvalue weighted by atomic mass is 16.1. The Hall–Kier alpha value is -1.03. The third kappa shape index (κ3) is 4.38. The van der Waals surface area contributed by atoms with Crippen LogP contribution in [-0.4, -0.2) is 23.8 Å². The Morgan fingerprint density at radius 3 is 2.64 bits per heavy atom. The molecule has 0 aromatic heterocycles. The van der Waals surface area contributed by atoms with Crippen molar-refractivity contribution in [3.63, 3.8) is 0 Å². The molecule has 0 rings (SSSR count). The zero-order chi connectivity index (χ0) is 8.85. The van der Waals surface area contributed by atoms with Crippen molar-refractivity contribution in [1.82, 2.24) is 0 Å². The molecule has 0 aliphatic heterocycles. The molecule has 3 N–H and O–H groups in total. The highest BCUT2D eigenvalue weighted by molar-refractivity contribution is 6.37. The lowest BCUT2D eigenvalue weighted by atomic mass is 10.1. The fourth-order valence-corrected chi connectivity index (χ4v) is 0.598. The van der Waals surface area contributed by atoms with E-state index in [-0.39, 0.29) is 24.3 Å². The molecular formula is C7H12N2O2. The van der Waals surface area contributed by atoms with Crippen LogP contribution in [0.4, 0.5) is 0 Å². The lowest BCUT2D eigenvalue weighted by Crippen LogP contribution is -2.26. The van der Waals surface area contributed by atoms with Crippen molar-refractivity contribution < 1.29 is 9.59 Å². The van der Waals surface area contributed by atoms with Gasteiger partial charge in [-0.15, -0.1) is 0 Å². The molecule has 0 saturated carbocycles. The van der Waals surface area contributed by atoms with Crippen LogP contribution in [0.2, 0.25) is 0 Å². The molecule has 0 heterocycles. The Balaban J connectivity index is 3.74. The lowest BCUT2D eigenvalue weighted by Gasteiger charge is -2.04. The van der Waals surface area contributed by atoms with E-state index in [4.69, 9.17) is 11.1 Å². The molecule has 0 aromatic rings. The largest absolute Gasteiger partial charge is 0.327 e. The molecule has 0 radical (unpaired) electrons. The molecule has 0 aliphatic carbocycles. The number of ketones is 1. The Morgan fingerprint density at radius 2 is 2.27 bits per heavy atom. The van der Waals surface area contributed by atoms with E-state index in [1.807, 2.05) is 0 Å². The molecule has 4 nitrogen and oxygen atoms in total. The quantitative estimate of drug-likeness (QED) is 0.430. The van der Waals surface area contributed by atoms with E-state index >= 15 is 0 Å². The van der Waals surface area contributed by atoms with Crippen LogP contribution in [0.5, 0.6) is 0 Å². The van der Waals surface area contributed by atoms with Crippen molar-refractivity contribution in [2.45, 2.75) is 25.8 Å². The van der Waals surface area contributed by atoms with Gasteiger partial charge in [-0.25, -0.2) is 0 Å². The van der Waals surface area contributed by atoms with Gasteiger partial charge < -0.3 is 15.9 Å². The summed E-state index contributed by atoms with van der Waals surface area (Å²) in [7, 11) is 0. The summed E-state index contributed by atoms with van der Waals surface area (Å²) in [6.07, 6.45) is 0.949. The summed E-state index contributed by atoms with van der Waals surface area (Å²) in [6, 6.07) is -0.430. The number of Topliss-reactive ketones (excluding diaryl/α,β-unsaturated/α-hetero) is 1. The van der Waals surface area contributed by atoms with Gasteiger partial charge in [-0.3, -0.25) is 4.79 Å². The molecular weight excluding hydrogens is 144 g/mol. The molecule has 4 heteroatoms. The monoisotopic (exact) mass is 156 g/mol. The smallest absolute Gasteiger partial charge is 0.177 e. The zero-order valence-electron chi connectivity index (χ0n) is 6.46. The summed E-state index contributed by atoms with van der Waals surface area (Å²) >= 11 is 0. The van der Waals surface area contributed by atoms with E-state index in [2.05, 4.69) is 0 Å². The first kappa shape index (κ1) is 9.97. The van der Waals surface area contributed by atoms with Gasteiger partial charge in [-0.2, -0.15) is 0 Å². The Labute approximate surface area is 65.3 Å². The molecule has 62 valence electrons. The Morgan fingerprint density at radius 1 is 1.73 bits per heavy atom. The van der Waals surface area contributed by atoms with E-state index in [0.29, 0.717) is 6.29 Å². The van der Waals surface area contributed by atoms with Crippen molar-refractivity contribution in [2.75, 3.05) is 0 Å². The van der Waals surface area contributed by atoms with Crippen LogP contribution in [0, 0.1) is 5.41 Å². The van der Waals surface area contributed by atoms with Gasteiger partial charge in [0.2, 0.25) is 0 Å². The van der Waals surface area contributed by atoms with Crippen LogP contribution in [0.15, 0.2) is 0 Å².